The van der Waals surface area contributed by atoms with Crippen LogP contribution in [0.1, 0.15) is 51.4 Å². The van der Waals surface area contributed by atoms with Gasteiger partial charge in [-0.15, -0.1) is 0 Å². The number of nitrogens with one attached hydrogen (secondary N) is 1. The Labute approximate surface area is 119 Å². The number of amides is 2. The number of rotatable bonds is 2. The van der Waals surface area contributed by atoms with Crippen LogP contribution < -0.4 is 5.32 Å². The van der Waals surface area contributed by atoms with Crippen LogP contribution in [0.2, 0.25) is 0 Å². The first kappa shape index (κ1) is 13.7. The van der Waals surface area contributed by atoms with Crippen molar-refractivity contribution >= 4 is 12.0 Å². The van der Waals surface area contributed by atoms with E-state index in [1.165, 1.54) is 19.3 Å². The summed E-state index contributed by atoms with van der Waals surface area (Å²) in [5.74, 6) is -0.304. The Kier molecular flexibility index (Phi) is 3.85. The standard InChI is InChI=1S/C15H24N2O3/c18-14(19)11-6-7-12(9-11)16-15(20)17-8-2-4-10-3-1-5-13(10)17/h10-13H,1-9H2,(H,16,20)(H,18,19). The second-order valence-corrected chi connectivity index (χ2v) is 6.59. The summed E-state index contributed by atoms with van der Waals surface area (Å²) < 4.78 is 0. The van der Waals surface area contributed by atoms with Gasteiger partial charge in [-0.2, -0.15) is 0 Å². The lowest BCUT2D eigenvalue weighted by Crippen LogP contribution is -2.52. The molecule has 20 heavy (non-hydrogen) atoms. The largest absolute Gasteiger partial charge is 0.481 e. The van der Waals surface area contributed by atoms with E-state index in [9.17, 15) is 9.59 Å². The number of fused-ring (bicyclic) bond motifs is 1. The number of likely N-dealkylation sites (tertiary alicyclic amines) is 1. The topological polar surface area (TPSA) is 69.6 Å². The second-order valence-electron chi connectivity index (χ2n) is 6.59. The van der Waals surface area contributed by atoms with Crippen LogP contribution in [0.15, 0.2) is 0 Å². The SMILES string of the molecule is O=C(O)C1CCC(NC(=O)N2CCCC3CCCC32)C1. The van der Waals surface area contributed by atoms with Crippen LogP contribution in [0.3, 0.4) is 0 Å². The summed E-state index contributed by atoms with van der Waals surface area (Å²) in [6.07, 6.45) is 8.08. The zero-order chi connectivity index (χ0) is 14.1. The summed E-state index contributed by atoms with van der Waals surface area (Å²) in [4.78, 5) is 25.4. The highest BCUT2D eigenvalue weighted by molar-refractivity contribution is 5.76. The summed E-state index contributed by atoms with van der Waals surface area (Å²) in [5.41, 5.74) is 0. The molecule has 2 saturated carbocycles. The van der Waals surface area contributed by atoms with Gasteiger partial charge in [0.15, 0.2) is 0 Å². The highest BCUT2D eigenvalue weighted by Gasteiger charge is 2.38. The van der Waals surface area contributed by atoms with Crippen molar-refractivity contribution in [3.8, 4) is 0 Å². The van der Waals surface area contributed by atoms with Crippen molar-refractivity contribution in [1.29, 1.82) is 0 Å². The first-order chi connectivity index (χ1) is 9.65. The van der Waals surface area contributed by atoms with Gasteiger partial charge >= 0.3 is 12.0 Å². The van der Waals surface area contributed by atoms with Crippen LogP contribution in [0.25, 0.3) is 0 Å². The molecule has 2 amide bonds. The molecule has 1 heterocycles. The minimum atomic E-state index is -0.726. The van der Waals surface area contributed by atoms with Crippen LogP contribution >= 0.6 is 0 Å². The lowest BCUT2D eigenvalue weighted by atomic mass is 9.92. The number of hydrogen-bond donors (Lipinski definition) is 2. The van der Waals surface area contributed by atoms with Gasteiger partial charge in [-0.3, -0.25) is 4.79 Å². The smallest absolute Gasteiger partial charge is 0.317 e. The van der Waals surface area contributed by atoms with E-state index in [2.05, 4.69) is 5.32 Å². The molecule has 3 aliphatic rings. The fraction of sp³-hybridized carbons (Fsp3) is 0.867. The number of carboxylic acids is 1. The number of aliphatic carboxylic acids is 1. The monoisotopic (exact) mass is 280 g/mol. The number of hydrogen-bond acceptors (Lipinski definition) is 2. The third-order valence-electron chi connectivity index (χ3n) is 5.36. The van der Waals surface area contributed by atoms with Gasteiger partial charge in [0, 0.05) is 18.6 Å². The maximum absolute atomic E-state index is 12.4. The number of carbonyl (C=O) groups excluding carboxylic acids is 1. The summed E-state index contributed by atoms with van der Waals surface area (Å²) >= 11 is 0. The Balaban J connectivity index is 1.55. The molecule has 2 aliphatic carbocycles. The van der Waals surface area contributed by atoms with E-state index in [4.69, 9.17) is 5.11 Å². The first-order valence-electron chi connectivity index (χ1n) is 7.95. The number of carbonyl (C=O) groups is 2. The molecule has 112 valence electrons. The van der Waals surface area contributed by atoms with Crippen molar-refractivity contribution in [2.75, 3.05) is 6.54 Å². The summed E-state index contributed by atoms with van der Waals surface area (Å²) in [5, 5.41) is 12.1. The highest BCUT2D eigenvalue weighted by Crippen LogP contribution is 2.37. The predicted octanol–water partition coefficient (Wildman–Crippen LogP) is 2.21. The van der Waals surface area contributed by atoms with Crippen LogP contribution in [0, 0.1) is 11.8 Å². The van der Waals surface area contributed by atoms with Gasteiger partial charge < -0.3 is 15.3 Å². The molecule has 1 saturated heterocycles. The molecule has 0 aromatic heterocycles. The van der Waals surface area contributed by atoms with Crippen molar-refractivity contribution < 1.29 is 14.7 Å². The van der Waals surface area contributed by atoms with E-state index < -0.39 is 5.97 Å². The summed E-state index contributed by atoms with van der Waals surface area (Å²) in [6, 6.07) is 0.517. The highest BCUT2D eigenvalue weighted by atomic mass is 16.4. The van der Waals surface area contributed by atoms with Gasteiger partial charge in [0.25, 0.3) is 0 Å². The number of nitrogens with zero attached hydrogens (tertiary/aromatic N) is 1. The molecule has 3 rings (SSSR count). The lowest BCUT2D eigenvalue weighted by molar-refractivity contribution is -0.141. The van der Waals surface area contributed by atoms with E-state index in [-0.39, 0.29) is 18.0 Å². The molecule has 0 aromatic carbocycles. The molecule has 3 fully saturated rings. The molecular formula is C15H24N2O3. The van der Waals surface area contributed by atoms with Gasteiger partial charge in [0.2, 0.25) is 0 Å². The number of urea groups is 1. The minimum Gasteiger partial charge on any atom is -0.481 e. The fourth-order valence-electron chi connectivity index (χ4n) is 4.30. The summed E-state index contributed by atoms with van der Waals surface area (Å²) in [7, 11) is 0. The van der Waals surface area contributed by atoms with Crippen LogP contribution in [-0.4, -0.2) is 40.6 Å². The Morgan fingerprint density at radius 3 is 2.60 bits per heavy atom. The van der Waals surface area contributed by atoms with Crippen LogP contribution in [-0.2, 0) is 4.79 Å². The molecule has 0 bridgehead atoms. The molecule has 4 atom stereocenters. The molecule has 0 spiro atoms. The lowest BCUT2D eigenvalue weighted by Gasteiger charge is -2.38. The Bertz CT molecular complexity index is 399. The minimum absolute atomic E-state index is 0.0395. The maximum atomic E-state index is 12.4. The number of piperidine rings is 1. The van der Waals surface area contributed by atoms with Gasteiger partial charge in [-0.1, -0.05) is 6.42 Å². The van der Waals surface area contributed by atoms with E-state index >= 15 is 0 Å². The third kappa shape index (κ3) is 2.63. The molecular weight excluding hydrogens is 256 g/mol. The van der Waals surface area contributed by atoms with E-state index in [1.807, 2.05) is 4.90 Å². The summed E-state index contributed by atoms with van der Waals surface area (Å²) in [6.45, 7) is 0.863. The van der Waals surface area contributed by atoms with Crippen molar-refractivity contribution in [2.24, 2.45) is 11.8 Å². The first-order valence-corrected chi connectivity index (χ1v) is 7.95. The van der Waals surface area contributed by atoms with Gasteiger partial charge in [-0.25, -0.2) is 4.79 Å². The van der Waals surface area contributed by atoms with Crippen molar-refractivity contribution in [3.63, 3.8) is 0 Å². The quantitative estimate of drug-likeness (QED) is 0.815. The molecule has 2 N–H and O–H groups in total. The van der Waals surface area contributed by atoms with Crippen molar-refractivity contribution in [3.05, 3.63) is 0 Å². The van der Waals surface area contributed by atoms with Gasteiger partial charge in [0.1, 0.15) is 0 Å². The van der Waals surface area contributed by atoms with Gasteiger partial charge in [-0.05, 0) is 50.9 Å². The second kappa shape index (κ2) is 5.62. The molecule has 5 heteroatoms. The zero-order valence-corrected chi connectivity index (χ0v) is 11.9. The molecule has 5 nitrogen and oxygen atoms in total. The fourth-order valence-corrected chi connectivity index (χ4v) is 4.30. The molecule has 0 aromatic rings. The van der Waals surface area contributed by atoms with Crippen molar-refractivity contribution in [2.45, 2.75) is 63.5 Å². The molecule has 1 aliphatic heterocycles. The Morgan fingerprint density at radius 2 is 1.85 bits per heavy atom. The van der Waals surface area contributed by atoms with E-state index in [0.29, 0.717) is 24.8 Å². The maximum Gasteiger partial charge on any atom is 0.317 e. The third-order valence-corrected chi connectivity index (χ3v) is 5.36. The van der Waals surface area contributed by atoms with E-state index in [0.717, 1.165) is 25.8 Å². The Hall–Kier alpha value is -1.26. The van der Waals surface area contributed by atoms with E-state index in [1.54, 1.807) is 0 Å². The van der Waals surface area contributed by atoms with Crippen LogP contribution in [0.4, 0.5) is 4.79 Å². The average molecular weight is 280 g/mol. The molecule has 0 radical (unpaired) electrons. The number of carboxylic acid groups (broad SMARTS) is 1. The van der Waals surface area contributed by atoms with Gasteiger partial charge in [0.05, 0.1) is 5.92 Å². The molecule has 4 unspecified atom stereocenters. The predicted molar refractivity (Wildman–Crippen MR) is 74.4 cm³/mol. The van der Waals surface area contributed by atoms with Crippen LogP contribution in [0.5, 0.6) is 0 Å². The normalized spacial score (nSPS) is 36.7. The van der Waals surface area contributed by atoms with Crippen molar-refractivity contribution in [1.82, 2.24) is 10.2 Å². The average Bonchev–Trinajstić information content (AvgIpc) is 3.05. The zero-order valence-electron chi connectivity index (χ0n) is 11.9. The Morgan fingerprint density at radius 1 is 1.05 bits per heavy atom.